The van der Waals surface area contributed by atoms with Crippen molar-refractivity contribution in [3.63, 3.8) is 0 Å². The normalized spacial score (nSPS) is 24.1. The van der Waals surface area contributed by atoms with Crippen molar-refractivity contribution >= 4 is 5.97 Å². The summed E-state index contributed by atoms with van der Waals surface area (Å²) in [6, 6.07) is 0.161. The number of likely N-dealkylation sites (tertiary alicyclic amines) is 1. The van der Waals surface area contributed by atoms with Gasteiger partial charge in [0.25, 0.3) is 0 Å². The third-order valence-corrected chi connectivity index (χ3v) is 2.89. The van der Waals surface area contributed by atoms with Gasteiger partial charge in [-0.15, -0.1) is 0 Å². The number of aliphatic hydroxyl groups is 1. The molecule has 1 aliphatic heterocycles. The minimum absolute atomic E-state index is 0.135. The van der Waals surface area contributed by atoms with Crippen LogP contribution in [0.3, 0.4) is 0 Å². The van der Waals surface area contributed by atoms with E-state index < -0.39 is 11.4 Å². The molecular weight excluding hydrogens is 182 g/mol. The quantitative estimate of drug-likeness (QED) is 0.697. The summed E-state index contributed by atoms with van der Waals surface area (Å²) in [5, 5.41) is 18.1. The third kappa shape index (κ3) is 2.45. The second-order valence-corrected chi connectivity index (χ2v) is 4.64. The molecule has 0 aromatic carbocycles. The third-order valence-electron chi connectivity index (χ3n) is 2.89. The van der Waals surface area contributed by atoms with E-state index in [-0.39, 0.29) is 12.6 Å². The van der Waals surface area contributed by atoms with E-state index in [4.69, 9.17) is 10.2 Å². The Morgan fingerprint density at radius 3 is 2.71 bits per heavy atom. The zero-order valence-electron chi connectivity index (χ0n) is 8.86. The monoisotopic (exact) mass is 201 g/mol. The van der Waals surface area contributed by atoms with Gasteiger partial charge in [-0.05, 0) is 33.2 Å². The first-order valence-electron chi connectivity index (χ1n) is 5.05. The highest BCUT2D eigenvalue weighted by Crippen LogP contribution is 2.24. The molecule has 0 saturated carbocycles. The van der Waals surface area contributed by atoms with Gasteiger partial charge in [0.15, 0.2) is 0 Å². The highest BCUT2D eigenvalue weighted by molar-refractivity contribution is 5.73. The van der Waals surface area contributed by atoms with Crippen molar-refractivity contribution in [2.45, 2.75) is 32.7 Å². The molecule has 14 heavy (non-hydrogen) atoms. The number of nitrogens with zero attached hydrogens (tertiary/aromatic N) is 1. The van der Waals surface area contributed by atoms with Gasteiger partial charge in [0.1, 0.15) is 0 Å². The smallest absolute Gasteiger partial charge is 0.310 e. The Hall–Kier alpha value is -0.610. The van der Waals surface area contributed by atoms with Crippen LogP contribution in [0.5, 0.6) is 0 Å². The topological polar surface area (TPSA) is 60.8 Å². The summed E-state index contributed by atoms with van der Waals surface area (Å²) in [5.41, 5.74) is -0.724. The van der Waals surface area contributed by atoms with Gasteiger partial charge in [0.05, 0.1) is 12.0 Å². The van der Waals surface area contributed by atoms with E-state index in [9.17, 15) is 4.79 Å². The lowest BCUT2D eigenvalue weighted by molar-refractivity contribution is -0.148. The summed E-state index contributed by atoms with van der Waals surface area (Å²) < 4.78 is 0. The van der Waals surface area contributed by atoms with Gasteiger partial charge in [-0.1, -0.05) is 0 Å². The van der Waals surface area contributed by atoms with Crippen molar-refractivity contribution in [1.29, 1.82) is 0 Å². The summed E-state index contributed by atoms with van der Waals surface area (Å²) in [6.45, 7) is 5.01. The number of carbonyl (C=O) groups is 1. The second kappa shape index (κ2) is 4.28. The Labute approximate surface area is 84.5 Å². The maximum atomic E-state index is 10.9. The molecule has 1 atom stereocenters. The summed E-state index contributed by atoms with van der Waals surface area (Å²) in [4.78, 5) is 13.0. The van der Waals surface area contributed by atoms with E-state index in [1.165, 1.54) is 0 Å². The molecule has 4 heteroatoms. The van der Waals surface area contributed by atoms with Gasteiger partial charge < -0.3 is 10.2 Å². The fraction of sp³-hybridized carbons (Fsp3) is 0.900. The molecule has 0 amide bonds. The zero-order valence-corrected chi connectivity index (χ0v) is 8.86. The largest absolute Gasteiger partial charge is 0.481 e. The van der Waals surface area contributed by atoms with Crippen molar-refractivity contribution in [3.05, 3.63) is 0 Å². The van der Waals surface area contributed by atoms with E-state index in [0.717, 1.165) is 19.4 Å². The van der Waals surface area contributed by atoms with Crippen molar-refractivity contribution in [2.24, 2.45) is 5.41 Å². The molecule has 4 nitrogen and oxygen atoms in total. The number of carboxylic acids is 1. The Bertz CT molecular complexity index is 215. The van der Waals surface area contributed by atoms with E-state index in [1.807, 2.05) is 0 Å². The van der Waals surface area contributed by atoms with Crippen LogP contribution < -0.4 is 0 Å². The molecular formula is C10H19NO3. The van der Waals surface area contributed by atoms with Crippen LogP contribution in [0.2, 0.25) is 0 Å². The minimum Gasteiger partial charge on any atom is -0.481 e. The Morgan fingerprint density at radius 1 is 1.57 bits per heavy atom. The number of aliphatic hydroxyl groups excluding tert-OH is 1. The van der Waals surface area contributed by atoms with E-state index >= 15 is 0 Å². The Kier molecular flexibility index (Phi) is 3.50. The fourth-order valence-electron chi connectivity index (χ4n) is 1.89. The molecule has 1 heterocycles. The fourth-order valence-corrected chi connectivity index (χ4v) is 1.89. The molecule has 0 aliphatic carbocycles. The van der Waals surface area contributed by atoms with E-state index in [0.29, 0.717) is 6.54 Å². The van der Waals surface area contributed by atoms with Crippen LogP contribution in [0.25, 0.3) is 0 Å². The molecule has 0 radical (unpaired) electrons. The predicted octanol–water partition coefficient (Wildman–Crippen LogP) is 0.554. The van der Waals surface area contributed by atoms with Crippen LogP contribution in [0.15, 0.2) is 0 Å². The first kappa shape index (κ1) is 11.5. The highest BCUT2D eigenvalue weighted by Gasteiger charge is 2.34. The zero-order chi connectivity index (χ0) is 10.8. The second-order valence-electron chi connectivity index (χ2n) is 4.64. The minimum atomic E-state index is -0.777. The average Bonchev–Trinajstić information content (AvgIpc) is 2.50. The molecule has 0 aromatic rings. The van der Waals surface area contributed by atoms with Crippen LogP contribution in [0.1, 0.15) is 26.7 Å². The van der Waals surface area contributed by atoms with Crippen LogP contribution >= 0.6 is 0 Å². The van der Waals surface area contributed by atoms with Crippen molar-refractivity contribution in [1.82, 2.24) is 4.90 Å². The van der Waals surface area contributed by atoms with Crippen LogP contribution in [-0.4, -0.2) is 46.8 Å². The van der Waals surface area contributed by atoms with Crippen LogP contribution in [0, 0.1) is 5.41 Å². The van der Waals surface area contributed by atoms with Gasteiger partial charge in [-0.2, -0.15) is 0 Å². The van der Waals surface area contributed by atoms with E-state index in [1.54, 1.807) is 13.8 Å². The van der Waals surface area contributed by atoms with Crippen LogP contribution in [-0.2, 0) is 4.79 Å². The maximum Gasteiger partial charge on any atom is 0.310 e. The van der Waals surface area contributed by atoms with Gasteiger partial charge in [0, 0.05) is 12.6 Å². The first-order valence-corrected chi connectivity index (χ1v) is 5.05. The van der Waals surface area contributed by atoms with Crippen molar-refractivity contribution in [3.8, 4) is 0 Å². The number of rotatable bonds is 4. The molecule has 82 valence electrons. The molecule has 0 bridgehead atoms. The molecule has 1 unspecified atom stereocenters. The molecule has 0 spiro atoms. The summed E-state index contributed by atoms with van der Waals surface area (Å²) in [7, 11) is 0. The van der Waals surface area contributed by atoms with Gasteiger partial charge >= 0.3 is 5.97 Å². The molecule has 2 N–H and O–H groups in total. The predicted molar refractivity (Wildman–Crippen MR) is 53.1 cm³/mol. The Morgan fingerprint density at radius 2 is 2.21 bits per heavy atom. The lowest BCUT2D eigenvalue weighted by Crippen LogP contribution is -2.42. The Balaban J connectivity index is 2.54. The molecule has 1 aliphatic rings. The molecule has 1 rings (SSSR count). The van der Waals surface area contributed by atoms with Gasteiger partial charge in [-0.25, -0.2) is 0 Å². The lowest BCUT2D eigenvalue weighted by atomic mass is 9.93. The summed E-state index contributed by atoms with van der Waals surface area (Å²) in [5.74, 6) is -0.777. The summed E-state index contributed by atoms with van der Waals surface area (Å²) >= 11 is 0. The maximum absolute atomic E-state index is 10.9. The van der Waals surface area contributed by atoms with Crippen LogP contribution in [0.4, 0.5) is 0 Å². The molecule has 1 saturated heterocycles. The average molecular weight is 201 g/mol. The van der Waals surface area contributed by atoms with Gasteiger partial charge in [0.2, 0.25) is 0 Å². The van der Waals surface area contributed by atoms with E-state index in [2.05, 4.69) is 4.90 Å². The lowest BCUT2D eigenvalue weighted by Gasteiger charge is -2.30. The highest BCUT2D eigenvalue weighted by atomic mass is 16.4. The van der Waals surface area contributed by atoms with Gasteiger partial charge in [-0.3, -0.25) is 9.69 Å². The molecule has 0 aromatic heterocycles. The number of hydrogen-bond acceptors (Lipinski definition) is 3. The standard InChI is InChI=1S/C10H19NO3/c1-10(2,9(13)14)7-11-5-3-4-8(11)6-12/h8,12H,3-7H2,1-2H3,(H,13,14). The molecule has 1 fully saturated rings. The number of aliphatic carboxylic acids is 1. The SMILES string of the molecule is CC(C)(CN1CCCC1CO)C(=O)O. The number of hydrogen-bond donors (Lipinski definition) is 2. The van der Waals surface area contributed by atoms with Crippen molar-refractivity contribution < 1.29 is 15.0 Å². The van der Waals surface area contributed by atoms with Crippen molar-refractivity contribution in [2.75, 3.05) is 19.7 Å². The number of carboxylic acid groups (broad SMARTS) is 1. The first-order chi connectivity index (χ1) is 6.47. The summed E-state index contributed by atoms with van der Waals surface area (Å²) in [6.07, 6.45) is 2.03.